The van der Waals surface area contributed by atoms with Crippen molar-refractivity contribution in [3.63, 3.8) is 0 Å². The van der Waals surface area contributed by atoms with Crippen molar-refractivity contribution >= 4 is 23.4 Å². The van der Waals surface area contributed by atoms with E-state index in [1.165, 1.54) is 54.7 Å². The minimum atomic E-state index is -0.434. The number of amides is 1. The van der Waals surface area contributed by atoms with Gasteiger partial charge in [-0.25, -0.2) is 4.39 Å². The molecule has 3 N–H and O–H groups in total. The number of benzene rings is 2. The molecule has 0 bridgehead atoms. The molecule has 32 heavy (non-hydrogen) atoms. The van der Waals surface area contributed by atoms with Gasteiger partial charge in [0.15, 0.2) is 0 Å². The molecular weight excluding hydrogens is 401 g/mol. The van der Waals surface area contributed by atoms with E-state index >= 15 is 0 Å². The molecule has 3 rings (SSSR count). The molecule has 0 radical (unpaired) electrons. The minimum absolute atomic E-state index is 0.197. The predicted molar refractivity (Wildman–Crippen MR) is 132 cm³/mol. The van der Waals surface area contributed by atoms with Crippen LogP contribution in [0, 0.1) is 17.7 Å². The van der Waals surface area contributed by atoms with Crippen LogP contribution in [0.3, 0.4) is 0 Å². The number of carbonyl (C=O) groups is 1. The molecule has 2 aromatic rings. The third kappa shape index (κ3) is 7.06. The molecule has 0 aromatic heterocycles. The Balaban J connectivity index is 1.49. The Labute approximate surface area is 191 Å². The number of hydrogen-bond donors (Lipinski definition) is 2. The van der Waals surface area contributed by atoms with Crippen LogP contribution < -0.4 is 11.1 Å². The van der Waals surface area contributed by atoms with Crippen LogP contribution in [-0.2, 0) is 11.3 Å². The second kappa shape index (κ2) is 11.1. The summed E-state index contributed by atoms with van der Waals surface area (Å²) >= 11 is 0. The molecule has 170 valence electrons. The first-order valence-electron chi connectivity index (χ1n) is 11.3. The van der Waals surface area contributed by atoms with Gasteiger partial charge in [-0.15, -0.1) is 0 Å². The summed E-state index contributed by atoms with van der Waals surface area (Å²) in [4.78, 5) is 14.5. The van der Waals surface area contributed by atoms with Gasteiger partial charge in [-0.2, -0.15) is 0 Å². The van der Waals surface area contributed by atoms with Crippen LogP contribution in [0.4, 0.5) is 15.8 Å². The van der Waals surface area contributed by atoms with E-state index in [-0.39, 0.29) is 11.6 Å². The maximum absolute atomic E-state index is 13.1. The summed E-state index contributed by atoms with van der Waals surface area (Å²) in [5.41, 5.74) is 9.91. The van der Waals surface area contributed by atoms with E-state index in [4.69, 9.17) is 5.73 Å². The van der Waals surface area contributed by atoms with Crippen molar-refractivity contribution in [3.05, 3.63) is 77.6 Å². The van der Waals surface area contributed by atoms with Crippen LogP contribution in [0.5, 0.6) is 0 Å². The maximum atomic E-state index is 13.1. The van der Waals surface area contributed by atoms with Crippen molar-refractivity contribution < 1.29 is 9.18 Å². The summed E-state index contributed by atoms with van der Waals surface area (Å²) in [5, 5.41) is 2.66. The summed E-state index contributed by atoms with van der Waals surface area (Å²) < 4.78 is 13.1. The Morgan fingerprint density at radius 2 is 1.94 bits per heavy atom. The smallest absolute Gasteiger partial charge is 0.248 e. The first-order valence-corrected chi connectivity index (χ1v) is 11.3. The fourth-order valence-corrected chi connectivity index (χ4v) is 4.53. The molecule has 1 aliphatic rings. The standard InChI is InChI=1S/C27H34FN3O/c1-4-20-13-19(2)14-23(15-20)18-31(3)17-22-7-5-21(6-8-22)9-12-27(32)30-26-11-10-24(28)16-25(26)29/h5-12,16,20,23H,2,4,13-15,17-18,29H2,1,3H3,(H,30,32)/b12-9+. The maximum Gasteiger partial charge on any atom is 0.248 e. The van der Waals surface area contributed by atoms with Crippen LogP contribution in [0.15, 0.2) is 60.7 Å². The topological polar surface area (TPSA) is 58.4 Å². The van der Waals surface area contributed by atoms with Crippen LogP contribution in [-0.4, -0.2) is 24.4 Å². The molecular formula is C27H34FN3O. The van der Waals surface area contributed by atoms with Gasteiger partial charge in [-0.1, -0.05) is 49.8 Å². The molecule has 1 fully saturated rings. The fourth-order valence-electron chi connectivity index (χ4n) is 4.53. The molecule has 4 nitrogen and oxygen atoms in total. The molecule has 1 saturated carbocycles. The highest BCUT2D eigenvalue weighted by molar-refractivity contribution is 6.03. The number of rotatable bonds is 8. The molecule has 2 aromatic carbocycles. The lowest BCUT2D eigenvalue weighted by Gasteiger charge is -2.32. The number of anilines is 2. The first-order chi connectivity index (χ1) is 15.3. The van der Waals surface area contributed by atoms with Crippen LogP contribution in [0.1, 0.15) is 43.7 Å². The van der Waals surface area contributed by atoms with Gasteiger partial charge >= 0.3 is 0 Å². The van der Waals surface area contributed by atoms with E-state index in [1.54, 1.807) is 6.08 Å². The van der Waals surface area contributed by atoms with Gasteiger partial charge < -0.3 is 16.0 Å². The molecule has 0 heterocycles. The zero-order valence-electron chi connectivity index (χ0n) is 19.1. The van der Waals surface area contributed by atoms with Gasteiger partial charge in [0.2, 0.25) is 5.91 Å². The minimum Gasteiger partial charge on any atom is -0.397 e. The van der Waals surface area contributed by atoms with Crippen molar-refractivity contribution in [2.45, 2.75) is 39.2 Å². The van der Waals surface area contributed by atoms with Crippen LogP contribution in [0.25, 0.3) is 6.08 Å². The van der Waals surface area contributed by atoms with Gasteiger partial charge in [0.25, 0.3) is 0 Å². The summed E-state index contributed by atoms with van der Waals surface area (Å²) in [6.45, 7) is 8.51. The third-order valence-corrected chi connectivity index (χ3v) is 6.10. The lowest BCUT2D eigenvalue weighted by atomic mass is 9.77. The van der Waals surface area contributed by atoms with E-state index < -0.39 is 5.82 Å². The predicted octanol–water partition coefficient (Wildman–Crippen LogP) is 5.87. The van der Waals surface area contributed by atoms with Gasteiger partial charge in [0, 0.05) is 19.2 Å². The summed E-state index contributed by atoms with van der Waals surface area (Å²) in [6, 6.07) is 12.1. The number of hydrogen-bond acceptors (Lipinski definition) is 3. The molecule has 0 saturated heterocycles. The number of nitrogens with one attached hydrogen (secondary N) is 1. The number of nitrogen functional groups attached to an aromatic ring is 1. The monoisotopic (exact) mass is 435 g/mol. The lowest BCUT2D eigenvalue weighted by Crippen LogP contribution is -2.29. The van der Waals surface area contributed by atoms with Gasteiger partial charge in [0.1, 0.15) is 5.82 Å². The highest BCUT2D eigenvalue weighted by atomic mass is 19.1. The summed E-state index contributed by atoms with van der Waals surface area (Å²) in [5.74, 6) is 0.738. The average Bonchev–Trinajstić information content (AvgIpc) is 2.74. The van der Waals surface area contributed by atoms with E-state index in [0.717, 1.165) is 31.0 Å². The molecule has 5 heteroatoms. The number of carbonyl (C=O) groups excluding carboxylic acids is 1. The molecule has 1 aliphatic carbocycles. The Morgan fingerprint density at radius 1 is 1.22 bits per heavy atom. The number of allylic oxidation sites excluding steroid dienone is 1. The normalized spacial score (nSPS) is 18.9. The van der Waals surface area contributed by atoms with Crippen molar-refractivity contribution in [1.29, 1.82) is 0 Å². The third-order valence-electron chi connectivity index (χ3n) is 6.10. The molecule has 2 atom stereocenters. The highest BCUT2D eigenvalue weighted by Gasteiger charge is 2.23. The van der Waals surface area contributed by atoms with Gasteiger partial charge in [-0.3, -0.25) is 4.79 Å². The van der Waals surface area contributed by atoms with Crippen molar-refractivity contribution in [3.8, 4) is 0 Å². The number of nitrogens with two attached hydrogens (primary N) is 1. The summed E-state index contributed by atoms with van der Waals surface area (Å²) in [7, 11) is 2.18. The first kappa shape index (κ1) is 23.7. The van der Waals surface area contributed by atoms with Crippen molar-refractivity contribution in [2.24, 2.45) is 11.8 Å². The van der Waals surface area contributed by atoms with Crippen molar-refractivity contribution in [1.82, 2.24) is 4.90 Å². The van der Waals surface area contributed by atoms with Crippen LogP contribution >= 0.6 is 0 Å². The Morgan fingerprint density at radius 3 is 2.62 bits per heavy atom. The van der Waals surface area contributed by atoms with E-state index in [1.807, 2.05) is 12.1 Å². The Bertz CT molecular complexity index is 967. The zero-order chi connectivity index (χ0) is 23.1. The molecule has 1 amide bonds. The highest BCUT2D eigenvalue weighted by Crippen LogP contribution is 2.34. The van der Waals surface area contributed by atoms with Crippen LogP contribution in [0.2, 0.25) is 0 Å². The molecule has 0 aliphatic heterocycles. The van der Waals surface area contributed by atoms with E-state index in [2.05, 4.69) is 42.9 Å². The quantitative estimate of drug-likeness (QED) is 0.309. The molecule has 0 spiro atoms. The van der Waals surface area contributed by atoms with Crippen molar-refractivity contribution in [2.75, 3.05) is 24.6 Å². The van der Waals surface area contributed by atoms with Gasteiger partial charge in [0.05, 0.1) is 11.4 Å². The average molecular weight is 436 g/mol. The number of halogens is 1. The Kier molecular flexibility index (Phi) is 8.23. The second-order valence-corrected chi connectivity index (χ2v) is 9.03. The largest absolute Gasteiger partial charge is 0.397 e. The Hall–Kier alpha value is -2.92. The fraction of sp³-hybridized carbons (Fsp3) is 0.370. The lowest BCUT2D eigenvalue weighted by molar-refractivity contribution is -0.111. The van der Waals surface area contributed by atoms with E-state index in [9.17, 15) is 9.18 Å². The second-order valence-electron chi connectivity index (χ2n) is 9.03. The number of nitrogens with zero attached hydrogens (tertiary/aromatic N) is 1. The summed E-state index contributed by atoms with van der Waals surface area (Å²) in [6.07, 6.45) is 8.08. The SMILES string of the molecule is C=C1CC(CC)CC(CN(C)Cc2ccc(/C=C/C(=O)Nc3ccc(F)cc3N)cc2)C1. The molecule has 2 unspecified atom stereocenters. The van der Waals surface area contributed by atoms with Gasteiger partial charge in [-0.05, 0) is 73.5 Å². The van der Waals surface area contributed by atoms with E-state index in [0.29, 0.717) is 11.6 Å². The zero-order valence-corrected chi connectivity index (χ0v) is 19.1.